The van der Waals surface area contributed by atoms with Crippen molar-refractivity contribution in [3.8, 4) is 0 Å². The highest BCUT2D eigenvalue weighted by Gasteiger charge is 2.33. The molecule has 0 radical (unpaired) electrons. The van der Waals surface area contributed by atoms with Crippen LogP contribution in [0.2, 0.25) is 0 Å². The standard InChI is InChI=1S/C18H26N6O/c1-2-24-16(12-22-11-8-19-13-22)20-21-17(24)14-6-9-23(10-7-14)18(25)15-4-3-5-15/h8,11,13-15H,2-7,9-10,12H2,1H3. The third kappa shape index (κ3) is 3.19. The minimum absolute atomic E-state index is 0.303. The first-order valence-corrected chi connectivity index (χ1v) is 9.42. The second kappa shape index (κ2) is 6.98. The molecule has 25 heavy (non-hydrogen) atoms. The van der Waals surface area contributed by atoms with Crippen LogP contribution in [0.4, 0.5) is 0 Å². The van der Waals surface area contributed by atoms with E-state index in [0.717, 1.165) is 57.0 Å². The van der Waals surface area contributed by atoms with Gasteiger partial charge in [0.15, 0.2) is 5.82 Å². The van der Waals surface area contributed by atoms with Gasteiger partial charge in [-0.2, -0.15) is 0 Å². The van der Waals surface area contributed by atoms with E-state index in [9.17, 15) is 4.79 Å². The summed E-state index contributed by atoms with van der Waals surface area (Å²) in [6, 6.07) is 0. The van der Waals surface area contributed by atoms with E-state index in [-0.39, 0.29) is 0 Å². The first kappa shape index (κ1) is 16.3. The summed E-state index contributed by atoms with van der Waals surface area (Å²) < 4.78 is 4.24. The van der Waals surface area contributed by atoms with Crippen LogP contribution in [-0.2, 0) is 17.9 Å². The molecule has 2 aliphatic rings. The molecule has 0 aromatic carbocycles. The average molecular weight is 342 g/mol. The Labute approximate surface area is 148 Å². The highest BCUT2D eigenvalue weighted by molar-refractivity contribution is 5.79. The van der Waals surface area contributed by atoms with E-state index in [0.29, 0.717) is 24.3 Å². The molecule has 134 valence electrons. The molecule has 0 atom stereocenters. The fourth-order valence-corrected chi connectivity index (χ4v) is 3.93. The molecule has 2 fully saturated rings. The number of carbonyl (C=O) groups excluding carboxylic acids is 1. The van der Waals surface area contributed by atoms with Crippen molar-refractivity contribution in [1.29, 1.82) is 0 Å². The molecule has 0 spiro atoms. The Morgan fingerprint density at radius 1 is 1.20 bits per heavy atom. The summed E-state index contributed by atoms with van der Waals surface area (Å²) >= 11 is 0. The van der Waals surface area contributed by atoms with Gasteiger partial charge in [0.1, 0.15) is 5.82 Å². The molecule has 2 aromatic rings. The maximum absolute atomic E-state index is 12.4. The molecule has 0 unspecified atom stereocenters. The molecule has 3 heterocycles. The lowest BCUT2D eigenvalue weighted by molar-refractivity contribution is -0.139. The summed E-state index contributed by atoms with van der Waals surface area (Å²) in [7, 11) is 0. The number of hydrogen-bond donors (Lipinski definition) is 0. The molecule has 7 heteroatoms. The van der Waals surface area contributed by atoms with E-state index in [1.54, 1.807) is 12.5 Å². The van der Waals surface area contributed by atoms with Gasteiger partial charge in [-0.1, -0.05) is 6.42 Å². The number of amides is 1. The number of piperidine rings is 1. The maximum atomic E-state index is 12.4. The summed E-state index contributed by atoms with van der Waals surface area (Å²) in [4.78, 5) is 18.6. The van der Waals surface area contributed by atoms with Crippen LogP contribution in [0.1, 0.15) is 56.6 Å². The van der Waals surface area contributed by atoms with Gasteiger partial charge < -0.3 is 14.0 Å². The Morgan fingerprint density at radius 3 is 2.60 bits per heavy atom. The molecular weight excluding hydrogens is 316 g/mol. The van der Waals surface area contributed by atoms with Crippen molar-refractivity contribution in [3.63, 3.8) is 0 Å². The van der Waals surface area contributed by atoms with Crippen molar-refractivity contribution in [2.24, 2.45) is 5.92 Å². The Kier molecular flexibility index (Phi) is 4.55. The average Bonchev–Trinajstić information content (AvgIpc) is 3.23. The van der Waals surface area contributed by atoms with Crippen molar-refractivity contribution in [2.45, 2.75) is 58.0 Å². The van der Waals surface area contributed by atoms with Crippen LogP contribution in [0.3, 0.4) is 0 Å². The van der Waals surface area contributed by atoms with Crippen molar-refractivity contribution in [3.05, 3.63) is 30.4 Å². The van der Waals surface area contributed by atoms with Crippen LogP contribution in [0.5, 0.6) is 0 Å². The summed E-state index contributed by atoms with van der Waals surface area (Å²) in [5.41, 5.74) is 0. The van der Waals surface area contributed by atoms with Crippen LogP contribution in [0.25, 0.3) is 0 Å². The fraction of sp³-hybridized carbons (Fsp3) is 0.667. The van der Waals surface area contributed by atoms with Gasteiger partial charge in [0.25, 0.3) is 0 Å². The first-order valence-electron chi connectivity index (χ1n) is 9.42. The Hall–Kier alpha value is -2.18. The fourth-order valence-electron chi connectivity index (χ4n) is 3.93. The lowest BCUT2D eigenvalue weighted by Crippen LogP contribution is -2.43. The zero-order valence-electron chi connectivity index (χ0n) is 14.8. The molecule has 1 amide bonds. The van der Waals surface area contributed by atoms with E-state index < -0.39 is 0 Å². The molecule has 0 N–H and O–H groups in total. The lowest BCUT2D eigenvalue weighted by Gasteiger charge is -2.36. The predicted molar refractivity (Wildman–Crippen MR) is 92.9 cm³/mol. The summed E-state index contributed by atoms with van der Waals surface area (Å²) in [5.74, 6) is 3.13. The largest absolute Gasteiger partial charge is 0.342 e. The van der Waals surface area contributed by atoms with E-state index in [1.165, 1.54) is 6.42 Å². The number of imidazole rings is 1. The van der Waals surface area contributed by atoms with E-state index in [4.69, 9.17) is 0 Å². The number of carbonyl (C=O) groups is 1. The second-order valence-corrected chi connectivity index (χ2v) is 7.18. The van der Waals surface area contributed by atoms with Gasteiger partial charge in [-0.25, -0.2) is 4.98 Å². The molecule has 2 aromatic heterocycles. The first-order chi connectivity index (χ1) is 12.3. The predicted octanol–water partition coefficient (Wildman–Crippen LogP) is 2.05. The zero-order chi connectivity index (χ0) is 17.2. The highest BCUT2D eigenvalue weighted by Crippen LogP contribution is 2.32. The van der Waals surface area contributed by atoms with Crippen molar-refractivity contribution in [1.82, 2.24) is 29.2 Å². The minimum atomic E-state index is 0.303. The van der Waals surface area contributed by atoms with Crippen molar-refractivity contribution in [2.75, 3.05) is 13.1 Å². The zero-order valence-corrected chi connectivity index (χ0v) is 14.8. The minimum Gasteiger partial charge on any atom is -0.342 e. The molecule has 0 bridgehead atoms. The van der Waals surface area contributed by atoms with Gasteiger partial charge >= 0.3 is 0 Å². The molecular formula is C18H26N6O. The lowest BCUT2D eigenvalue weighted by atomic mass is 9.83. The van der Waals surface area contributed by atoms with E-state index in [1.807, 2.05) is 10.8 Å². The number of nitrogens with zero attached hydrogens (tertiary/aromatic N) is 6. The number of hydrogen-bond acceptors (Lipinski definition) is 4. The van der Waals surface area contributed by atoms with Gasteiger partial charge in [-0.05, 0) is 32.6 Å². The molecule has 1 saturated carbocycles. The topological polar surface area (TPSA) is 68.8 Å². The van der Waals surface area contributed by atoms with Crippen LogP contribution in [0, 0.1) is 5.92 Å². The molecule has 7 nitrogen and oxygen atoms in total. The van der Waals surface area contributed by atoms with E-state index in [2.05, 4.69) is 31.6 Å². The Bertz CT molecular complexity index is 710. The van der Waals surface area contributed by atoms with E-state index >= 15 is 0 Å². The third-order valence-electron chi connectivity index (χ3n) is 5.68. The third-order valence-corrected chi connectivity index (χ3v) is 5.68. The maximum Gasteiger partial charge on any atom is 0.225 e. The molecule has 1 aliphatic carbocycles. The number of aromatic nitrogens is 5. The van der Waals surface area contributed by atoms with Crippen LogP contribution < -0.4 is 0 Å². The van der Waals surface area contributed by atoms with Crippen LogP contribution in [-0.4, -0.2) is 48.2 Å². The quantitative estimate of drug-likeness (QED) is 0.834. The van der Waals surface area contributed by atoms with Crippen molar-refractivity contribution < 1.29 is 4.79 Å². The van der Waals surface area contributed by atoms with Gasteiger partial charge in [-0.3, -0.25) is 4.79 Å². The molecule has 1 aliphatic heterocycles. The second-order valence-electron chi connectivity index (χ2n) is 7.18. The smallest absolute Gasteiger partial charge is 0.225 e. The monoisotopic (exact) mass is 342 g/mol. The van der Waals surface area contributed by atoms with Gasteiger partial charge in [0, 0.05) is 43.9 Å². The normalized spacial score (nSPS) is 19.2. The highest BCUT2D eigenvalue weighted by atomic mass is 16.2. The molecule has 4 rings (SSSR count). The van der Waals surface area contributed by atoms with Crippen molar-refractivity contribution >= 4 is 5.91 Å². The Morgan fingerprint density at radius 2 is 2.00 bits per heavy atom. The summed E-state index contributed by atoms with van der Waals surface area (Å²) in [6.45, 7) is 5.41. The number of rotatable bonds is 5. The van der Waals surface area contributed by atoms with Crippen LogP contribution >= 0.6 is 0 Å². The summed E-state index contributed by atoms with van der Waals surface area (Å²) in [5, 5.41) is 8.92. The number of likely N-dealkylation sites (tertiary alicyclic amines) is 1. The molecule has 1 saturated heterocycles. The SMILES string of the molecule is CCn1c(Cn2ccnc2)nnc1C1CCN(C(=O)C2CCC2)CC1. The Balaban J connectivity index is 1.42. The summed E-state index contributed by atoms with van der Waals surface area (Å²) in [6.07, 6.45) is 10.9. The van der Waals surface area contributed by atoms with Crippen LogP contribution in [0.15, 0.2) is 18.7 Å². The van der Waals surface area contributed by atoms with Gasteiger partial charge in [0.05, 0.1) is 12.9 Å². The van der Waals surface area contributed by atoms with Gasteiger partial charge in [-0.15, -0.1) is 10.2 Å². The van der Waals surface area contributed by atoms with Gasteiger partial charge in [0.2, 0.25) is 5.91 Å².